The monoisotopic (exact) mass is 381 g/mol. The standard InChI is InChI=1S/C20H17ClFN5/c1-2-9-23-11-18-25-26-19-12-24-20(14-5-3-4-6-16(14)21)15-10-13(22)7-8-17(15)27(18)19/h2-8,10,23H,1,9,11-12H2. The van der Waals surface area contributed by atoms with Crippen LogP contribution in [-0.2, 0) is 13.1 Å². The van der Waals surface area contributed by atoms with Crippen LogP contribution in [0.1, 0.15) is 22.8 Å². The minimum Gasteiger partial charge on any atom is -0.306 e. The normalized spacial score (nSPS) is 12.7. The molecule has 0 spiro atoms. The smallest absolute Gasteiger partial charge is 0.159 e. The third kappa shape index (κ3) is 3.29. The van der Waals surface area contributed by atoms with Gasteiger partial charge in [0.25, 0.3) is 0 Å². The summed E-state index contributed by atoms with van der Waals surface area (Å²) >= 11 is 6.39. The molecule has 0 bridgehead atoms. The lowest BCUT2D eigenvalue weighted by Gasteiger charge is -2.14. The van der Waals surface area contributed by atoms with Crippen molar-refractivity contribution in [2.24, 2.45) is 4.99 Å². The quantitative estimate of drug-likeness (QED) is 0.541. The number of benzene rings is 2. The zero-order chi connectivity index (χ0) is 18.8. The van der Waals surface area contributed by atoms with Gasteiger partial charge >= 0.3 is 0 Å². The van der Waals surface area contributed by atoms with Gasteiger partial charge in [-0.15, -0.1) is 16.8 Å². The molecule has 0 radical (unpaired) electrons. The molecule has 2 aromatic carbocycles. The Morgan fingerprint density at radius 3 is 2.85 bits per heavy atom. The minimum atomic E-state index is -0.337. The molecule has 5 nitrogen and oxygen atoms in total. The molecule has 1 aliphatic heterocycles. The van der Waals surface area contributed by atoms with Crippen molar-refractivity contribution >= 4 is 17.3 Å². The summed E-state index contributed by atoms with van der Waals surface area (Å²) in [4.78, 5) is 4.69. The summed E-state index contributed by atoms with van der Waals surface area (Å²) in [7, 11) is 0. The van der Waals surface area contributed by atoms with Crippen molar-refractivity contribution in [3.05, 3.63) is 88.7 Å². The first kappa shape index (κ1) is 17.6. The molecule has 0 unspecified atom stereocenters. The maximum absolute atomic E-state index is 14.1. The molecular weight excluding hydrogens is 365 g/mol. The van der Waals surface area contributed by atoms with Gasteiger partial charge in [-0.25, -0.2) is 4.39 Å². The number of hydrogen-bond donors (Lipinski definition) is 1. The Kier molecular flexibility index (Phi) is 4.83. The van der Waals surface area contributed by atoms with E-state index < -0.39 is 0 Å². The van der Waals surface area contributed by atoms with Gasteiger partial charge in [-0.1, -0.05) is 35.9 Å². The fraction of sp³-hybridized carbons (Fsp3) is 0.150. The fourth-order valence-electron chi connectivity index (χ4n) is 3.15. The number of halogens is 2. The molecule has 136 valence electrons. The average molecular weight is 382 g/mol. The van der Waals surface area contributed by atoms with Crippen LogP contribution < -0.4 is 5.32 Å². The van der Waals surface area contributed by atoms with Gasteiger partial charge in [0, 0.05) is 22.7 Å². The Bertz CT molecular complexity index is 1040. The van der Waals surface area contributed by atoms with E-state index in [1.54, 1.807) is 18.2 Å². The number of hydrogen-bond acceptors (Lipinski definition) is 4. The van der Waals surface area contributed by atoms with Gasteiger partial charge in [0.2, 0.25) is 0 Å². The van der Waals surface area contributed by atoms with Crippen LogP contribution in [0.3, 0.4) is 0 Å². The molecular formula is C20H17ClFN5. The van der Waals surface area contributed by atoms with Gasteiger partial charge in [-0.2, -0.15) is 0 Å². The minimum absolute atomic E-state index is 0.325. The highest BCUT2D eigenvalue weighted by Gasteiger charge is 2.24. The highest BCUT2D eigenvalue weighted by molar-refractivity contribution is 6.35. The van der Waals surface area contributed by atoms with Crippen molar-refractivity contribution in [3.8, 4) is 5.69 Å². The SMILES string of the molecule is C=CCNCc1nnc2n1-c1ccc(F)cc1C(c1ccccc1Cl)=NC2. The highest BCUT2D eigenvalue weighted by atomic mass is 35.5. The summed E-state index contributed by atoms with van der Waals surface area (Å²) in [5.74, 6) is 1.09. The van der Waals surface area contributed by atoms with Crippen molar-refractivity contribution in [2.75, 3.05) is 6.54 Å². The predicted molar refractivity (Wildman–Crippen MR) is 104 cm³/mol. The van der Waals surface area contributed by atoms with E-state index in [2.05, 4.69) is 22.1 Å². The second-order valence-electron chi connectivity index (χ2n) is 6.09. The Labute approximate surface area is 161 Å². The van der Waals surface area contributed by atoms with Crippen LogP contribution in [0.5, 0.6) is 0 Å². The fourth-order valence-corrected chi connectivity index (χ4v) is 3.37. The third-order valence-electron chi connectivity index (χ3n) is 4.33. The van der Waals surface area contributed by atoms with Crippen LogP contribution in [0.4, 0.5) is 4.39 Å². The van der Waals surface area contributed by atoms with Crippen LogP contribution in [0, 0.1) is 5.82 Å². The number of nitrogens with zero attached hydrogens (tertiary/aromatic N) is 4. The summed E-state index contributed by atoms with van der Waals surface area (Å²) in [5, 5.41) is 12.4. The van der Waals surface area contributed by atoms with Gasteiger partial charge in [0.1, 0.15) is 12.4 Å². The van der Waals surface area contributed by atoms with Crippen molar-refractivity contribution in [1.82, 2.24) is 20.1 Å². The summed E-state index contributed by atoms with van der Waals surface area (Å²) in [5.41, 5.74) is 2.84. The zero-order valence-electron chi connectivity index (χ0n) is 14.5. The largest absolute Gasteiger partial charge is 0.306 e. The predicted octanol–water partition coefficient (Wildman–Crippen LogP) is 3.69. The first-order valence-corrected chi connectivity index (χ1v) is 8.91. The van der Waals surface area contributed by atoms with E-state index in [1.165, 1.54) is 12.1 Å². The molecule has 0 fully saturated rings. The van der Waals surface area contributed by atoms with Crippen LogP contribution >= 0.6 is 11.6 Å². The second kappa shape index (κ2) is 7.42. The van der Waals surface area contributed by atoms with E-state index >= 15 is 0 Å². The first-order chi connectivity index (χ1) is 13.2. The summed E-state index contributed by atoms with van der Waals surface area (Å²) in [6.07, 6.45) is 1.78. The molecule has 0 atom stereocenters. The maximum Gasteiger partial charge on any atom is 0.159 e. The van der Waals surface area contributed by atoms with Crippen molar-refractivity contribution in [3.63, 3.8) is 0 Å². The molecule has 0 saturated heterocycles. The maximum atomic E-state index is 14.1. The molecule has 1 aromatic heterocycles. The summed E-state index contributed by atoms with van der Waals surface area (Å²) in [6, 6.07) is 12.1. The van der Waals surface area contributed by atoms with Gasteiger partial charge in [-0.3, -0.25) is 9.56 Å². The number of aromatic nitrogens is 3. The highest BCUT2D eigenvalue weighted by Crippen LogP contribution is 2.29. The van der Waals surface area contributed by atoms with Crippen molar-refractivity contribution in [1.29, 1.82) is 0 Å². The molecule has 0 saturated carbocycles. The number of aliphatic imine (C=N–C) groups is 1. The Morgan fingerprint density at radius 1 is 1.19 bits per heavy atom. The number of fused-ring (bicyclic) bond motifs is 3. The van der Waals surface area contributed by atoms with Gasteiger partial charge in [0.15, 0.2) is 11.6 Å². The molecule has 0 amide bonds. The topological polar surface area (TPSA) is 55.1 Å². The zero-order valence-corrected chi connectivity index (χ0v) is 15.2. The Balaban J connectivity index is 1.88. The van der Waals surface area contributed by atoms with Crippen LogP contribution in [0.25, 0.3) is 5.69 Å². The Morgan fingerprint density at radius 2 is 2.04 bits per heavy atom. The van der Waals surface area contributed by atoms with E-state index in [0.29, 0.717) is 41.8 Å². The van der Waals surface area contributed by atoms with Crippen molar-refractivity contribution < 1.29 is 4.39 Å². The van der Waals surface area contributed by atoms with E-state index in [9.17, 15) is 4.39 Å². The van der Waals surface area contributed by atoms with Crippen LogP contribution in [0.2, 0.25) is 5.02 Å². The summed E-state index contributed by atoms with van der Waals surface area (Å²) < 4.78 is 16.0. The van der Waals surface area contributed by atoms with Gasteiger partial charge < -0.3 is 5.32 Å². The first-order valence-electron chi connectivity index (χ1n) is 8.53. The second-order valence-corrected chi connectivity index (χ2v) is 6.50. The molecule has 3 aromatic rings. The van der Waals surface area contributed by atoms with E-state index in [4.69, 9.17) is 16.6 Å². The number of rotatable bonds is 5. The lowest BCUT2D eigenvalue weighted by Crippen LogP contribution is -2.18. The summed E-state index contributed by atoms with van der Waals surface area (Å²) in [6.45, 7) is 5.19. The lowest BCUT2D eigenvalue weighted by atomic mass is 10.00. The molecule has 27 heavy (non-hydrogen) atoms. The molecule has 1 N–H and O–H groups in total. The molecule has 7 heteroatoms. The van der Waals surface area contributed by atoms with Gasteiger partial charge in [0.05, 0.1) is 17.9 Å². The lowest BCUT2D eigenvalue weighted by molar-refractivity contribution is 0.626. The van der Waals surface area contributed by atoms with Crippen LogP contribution in [0.15, 0.2) is 60.1 Å². The average Bonchev–Trinajstić information content (AvgIpc) is 2.99. The Hall–Kier alpha value is -2.83. The van der Waals surface area contributed by atoms with Crippen LogP contribution in [-0.4, -0.2) is 27.0 Å². The number of nitrogens with one attached hydrogen (secondary N) is 1. The van der Waals surface area contributed by atoms with E-state index in [1.807, 2.05) is 22.8 Å². The molecule has 4 rings (SSSR count). The van der Waals surface area contributed by atoms with Gasteiger partial charge in [-0.05, 0) is 24.3 Å². The molecule has 2 heterocycles. The van der Waals surface area contributed by atoms with E-state index in [-0.39, 0.29) is 5.82 Å². The van der Waals surface area contributed by atoms with E-state index in [0.717, 1.165) is 17.1 Å². The molecule has 0 aliphatic carbocycles. The van der Waals surface area contributed by atoms with Crippen molar-refractivity contribution in [2.45, 2.75) is 13.1 Å². The molecule has 1 aliphatic rings. The third-order valence-corrected chi connectivity index (χ3v) is 4.66.